The van der Waals surface area contributed by atoms with E-state index in [0.29, 0.717) is 0 Å². The fourth-order valence-electron chi connectivity index (χ4n) is 1.99. The number of methoxy groups -OCH3 is 2. The van der Waals surface area contributed by atoms with E-state index in [2.05, 4.69) is 39.3 Å². The number of rotatable bonds is 5. The Morgan fingerprint density at radius 3 is 1.68 bits per heavy atom. The van der Waals surface area contributed by atoms with Gasteiger partial charge in [-0.15, -0.1) is 0 Å². The summed E-state index contributed by atoms with van der Waals surface area (Å²) < 4.78 is 17.2. The first-order valence-corrected chi connectivity index (χ1v) is 13.4. The molecule has 1 rings (SSSR count). The molecule has 0 saturated carbocycles. The minimum Gasteiger partial charge on any atom is -0.544 e. The van der Waals surface area contributed by atoms with Crippen LogP contribution in [-0.4, -0.2) is 30.6 Å². The highest BCUT2D eigenvalue weighted by Crippen LogP contribution is 2.30. The quantitative estimate of drug-likeness (QED) is 0.779. The molecule has 0 radical (unpaired) electrons. The van der Waals surface area contributed by atoms with Crippen LogP contribution in [0.2, 0.25) is 39.3 Å². The van der Waals surface area contributed by atoms with Crippen LogP contribution in [0.25, 0.3) is 0 Å². The average molecular weight is 299 g/mol. The van der Waals surface area contributed by atoms with E-state index in [0.717, 1.165) is 17.2 Å². The first kappa shape index (κ1) is 16.1. The first-order valence-electron chi connectivity index (χ1n) is 6.54. The van der Waals surface area contributed by atoms with Gasteiger partial charge in [-0.1, -0.05) is 19.6 Å². The Morgan fingerprint density at radius 1 is 0.789 bits per heavy atom. The molecule has 0 bridgehead atoms. The van der Waals surface area contributed by atoms with Crippen molar-refractivity contribution in [3.05, 3.63) is 12.1 Å². The van der Waals surface area contributed by atoms with Crippen LogP contribution in [0.15, 0.2) is 12.1 Å². The van der Waals surface area contributed by atoms with Crippen LogP contribution in [0, 0.1) is 0 Å². The second kappa shape index (κ2) is 5.58. The minimum absolute atomic E-state index is 0.784. The van der Waals surface area contributed by atoms with E-state index in [1.165, 1.54) is 5.19 Å². The second-order valence-electron chi connectivity index (χ2n) is 6.67. The van der Waals surface area contributed by atoms with Crippen LogP contribution in [0.5, 0.6) is 17.2 Å². The van der Waals surface area contributed by atoms with Crippen molar-refractivity contribution in [2.45, 2.75) is 39.3 Å². The van der Waals surface area contributed by atoms with Crippen LogP contribution in [0.1, 0.15) is 0 Å². The van der Waals surface area contributed by atoms with Gasteiger partial charge in [0.05, 0.1) is 22.3 Å². The van der Waals surface area contributed by atoms with Gasteiger partial charge in [-0.2, -0.15) is 0 Å². The monoisotopic (exact) mass is 298 g/mol. The van der Waals surface area contributed by atoms with E-state index in [-0.39, 0.29) is 0 Å². The molecule has 0 atom stereocenters. The maximum absolute atomic E-state index is 6.26. The predicted molar refractivity (Wildman–Crippen MR) is 86.5 cm³/mol. The molecule has 1 aromatic carbocycles. The molecule has 3 nitrogen and oxygen atoms in total. The third-order valence-corrected chi connectivity index (χ3v) is 5.49. The maximum atomic E-state index is 6.26. The highest BCUT2D eigenvalue weighted by Gasteiger charge is 2.29. The molecular formula is C14H26O3Si2. The number of ether oxygens (including phenoxy) is 2. The summed E-state index contributed by atoms with van der Waals surface area (Å²) >= 11 is 0. The van der Waals surface area contributed by atoms with Crippen LogP contribution in [0.3, 0.4) is 0 Å². The zero-order chi connectivity index (χ0) is 14.8. The van der Waals surface area contributed by atoms with Crippen molar-refractivity contribution in [1.29, 1.82) is 0 Å². The molecule has 108 valence electrons. The van der Waals surface area contributed by atoms with Gasteiger partial charge in [0.25, 0.3) is 0 Å². The molecule has 0 unspecified atom stereocenters. The lowest BCUT2D eigenvalue weighted by Crippen LogP contribution is -2.42. The normalized spacial score (nSPS) is 12.2. The van der Waals surface area contributed by atoms with Gasteiger partial charge in [-0.05, 0) is 19.6 Å². The topological polar surface area (TPSA) is 27.7 Å². The first-order chi connectivity index (χ1) is 8.58. The molecule has 0 aliphatic rings. The zero-order valence-electron chi connectivity index (χ0n) is 13.4. The van der Waals surface area contributed by atoms with Gasteiger partial charge in [0, 0.05) is 17.3 Å². The summed E-state index contributed by atoms with van der Waals surface area (Å²) in [5.41, 5.74) is 0. The molecule has 5 heteroatoms. The third kappa shape index (κ3) is 4.28. The lowest BCUT2D eigenvalue weighted by Gasteiger charge is -2.28. The van der Waals surface area contributed by atoms with E-state index in [1.807, 2.05) is 12.1 Å². The SMILES string of the molecule is COc1cc(OC)c([Si](C)(C)C)c(O[Si](C)(C)C)c1. The molecule has 0 spiro atoms. The number of benzene rings is 1. The van der Waals surface area contributed by atoms with Crippen LogP contribution in [-0.2, 0) is 0 Å². The molecule has 0 amide bonds. The molecule has 0 aliphatic heterocycles. The molecular weight excluding hydrogens is 272 g/mol. The Kier molecular flexibility index (Phi) is 4.73. The van der Waals surface area contributed by atoms with E-state index < -0.39 is 16.4 Å². The molecule has 0 N–H and O–H groups in total. The van der Waals surface area contributed by atoms with Crippen molar-refractivity contribution in [3.8, 4) is 17.2 Å². The summed E-state index contributed by atoms with van der Waals surface area (Å²) in [7, 11) is 0.142. The Labute approximate surface area is 119 Å². The summed E-state index contributed by atoms with van der Waals surface area (Å²) in [4.78, 5) is 0. The molecule has 19 heavy (non-hydrogen) atoms. The largest absolute Gasteiger partial charge is 0.544 e. The Morgan fingerprint density at radius 2 is 1.32 bits per heavy atom. The standard InChI is InChI=1S/C14H26O3Si2/c1-15-11-9-12(16-2)14(18(3,4)5)13(10-11)17-19(6,7)8/h9-10H,1-8H3. The molecule has 0 heterocycles. The van der Waals surface area contributed by atoms with E-state index >= 15 is 0 Å². The van der Waals surface area contributed by atoms with Gasteiger partial charge in [-0.3, -0.25) is 0 Å². The second-order valence-corrected chi connectivity index (χ2v) is 16.1. The average Bonchev–Trinajstić information content (AvgIpc) is 2.23. The van der Waals surface area contributed by atoms with Gasteiger partial charge in [-0.25, -0.2) is 0 Å². The number of hydrogen-bond donors (Lipinski definition) is 0. The molecule has 0 aliphatic carbocycles. The fourth-order valence-corrected chi connectivity index (χ4v) is 4.69. The highest BCUT2D eigenvalue weighted by atomic mass is 28.4. The third-order valence-electron chi connectivity index (χ3n) is 2.66. The van der Waals surface area contributed by atoms with Gasteiger partial charge < -0.3 is 13.9 Å². The highest BCUT2D eigenvalue weighted by molar-refractivity contribution is 6.90. The number of hydrogen-bond acceptors (Lipinski definition) is 3. The lowest BCUT2D eigenvalue weighted by atomic mass is 10.3. The summed E-state index contributed by atoms with van der Waals surface area (Å²) in [5.74, 6) is 2.60. The molecule has 0 fully saturated rings. The zero-order valence-corrected chi connectivity index (χ0v) is 15.4. The van der Waals surface area contributed by atoms with Crippen molar-refractivity contribution in [1.82, 2.24) is 0 Å². The van der Waals surface area contributed by atoms with Gasteiger partial charge in [0.2, 0.25) is 8.32 Å². The Bertz CT molecular complexity index is 445. The molecule has 0 aromatic heterocycles. The van der Waals surface area contributed by atoms with Crippen molar-refractivity contribution >= 4 is 21.6 Å². The predicted octanol–water partition coefficient (Wildman–Crippen LogP) is 3.46. The van der Waals surface area contributed by atoms with Crippen LogP contribution >= 0.6 is 0 Å². The van der Waals surface area contributed by atoms with E-state index in [4.69, 9.17) is 13.9 Å². The maximum Gasteiger partial charge on any atom is 0.242 e. The smallest absolute Gasteiger partial charge is 0.242 e. The van der Waals surface area contributed by atoms with Crippen molar-refractivity contribution < 1.29 is 13.9 Å². The van der Waals surface area contributed by atoms with Gasteiger partial charge >= 0.3 is 0 Å². The van der Waals surface area contributed by atoms with Crippen molar-refractivity contribution in [3.63, 3.8) is 0 Å². The Hall–Kier alpha value is -0.946. The summed E-state index contributed by atoms with van der Waals surface area (Å²) in [6.07, 6.45) is 0. The van der Waals surface area contributed by atoms with Crippen molar-refractivity contribution in [2.24, 2.45) is 0 Å². The van der Waals surface area contributed by atoms with Crippen molar-refractivity contribution in [2.75, 3.05) is 14.2 Å². The van der Waals surface area contributed by atoms with E-state index in [1.54, 1.807) is 14.2 Å². The fraction of sp³-hybridized carbons (Fsp3) is 0.571. The summed E-state index contributed by atoms with van der Waals surface area (Å²) in [6, 6.07) is 3.94. The van der Waals surface area contributed by atoms with Gasteiger partial charge in [0.1, 0.15) is 17.2 Å². The van der Waals surface area contributed by atoms with Crippen LogP contribution < -0.4 is 19.1 Å². The summed E-state index contributed by atoms with van der Waals surface area (Å²) in [5, 5.41) is 1.23. The van der Waals surface area contributed by atoms with E-state index in [9.17, 15) is 0 Å². The summed E-state index contributed by atoms with van der Waals surface area (Å²) in [6.45, 7) is 13.5. The Balaban J connectivity index is 3.47. The lowest BCUT2D eigenvalue weighted by molar-refractivity contribution is 0.392. The van der Waals surface area contributed by atoms with Gasteiger partial charge in [0.15, 0.2) is 0 Å². The molecule has 1 aromatic rings. The van der Waals surface area contributed by atoms with Crippen LogP contribution in [0.4, 0.5) is 0 Å². The molecule has 0 saturated heterocycles. The minimum atomic E-state index is -1.67.